The quantitative estimate of drug-likeness (QED) is 0.923. The van der Waals surface area contributed by atoms with Gasteiger partial charge in [0.05, 0.1) is 0 Å². The maximum atomic E-state index is 5.94. The highest BCUT2D eigenvalue weighted by molar-refractivity contribution is 6.30. The monoisotopic (exact) mass is 266 g/mol. The molecule has 18 heavy (non-hydrogen) atoms. The van der Waals surface area contributed by atoms with Crippen LogP contribution in [0.4, 0.5) is 0 Å². The minimum atomic E-state index is -0.141. The molecule has 0 fully saturated rings. The van der Waals surface area contributed by atoms with Crippen LogP contribution in [-0.2, 0) is 6.61 Å². The molecule has 2 aromatic rings. The second-order valence-electron chi connectivity index (χ2n) is 4.19. The van der Waals surface area contributed by atoms with Gasteiger partial charge in [-0.05, 0) is 32.0 Å². The lowest BCUT2D eigenvalue weighted by molar-refractivity contribution is 0.284. The zero-order chi connectivity index (χ0) is 13.1. The van der Waals surface area contributed by atoms with Gasteiger partial charge >= 0.3 is 0 Å². The maximum Gasteiger partial charge on any atom is 0.134 e. The molecule has 0 spiro atoms. The van der Waals surface area contributed by atoms with Crippen LogP contribution < -0.4 is 10.5 Å². The van der Waals surface area contributed by atoms with Gasteiger partial charge in [0.25, 0.3) is 0 Å². The van der Waals surface area contributed by atoms with E-state index in [2.05, 4.69) is 5.16 Å². The fourth-order valence-electron chi connectivity index (χ4n) is 1.64. The maximum absolute atomic E-state index is 5.94. The van der Waals surface area contributed by atoms with E-state index in [4.69, 9.17) is 26.6 Å². The predicted molar refractivity (Wildman–Crippen MR) is 69.6 cm³/mol. The van der Waals surface area contributed by atoms with Crippen LogP contribution in [0.2, 0.25) is 5.02 Å². The molecule has 1 aromatic carbocycles. The minimum absolute atomic E-state index is 0.141. The summed E-state index contributed by atoms with van der Waals surface area (Å²) in [6.45, 7) is 4.07. The number of hydrogen-bond acceptors (Lipinski definition) is 4. The second-order valence-corrected chi connectivity index (χ2v) is 4.62. The standard InChI is InChI=1S/C13H15ClN2O2/c1-8-5-11(16-18-8)7-17-13-4-3-10(14)6-12(13)9(2)15/h3-6,9H,7,15H2,1-2H3/t9-/m0/s1. The first-order valence-corrected chi connectivity index (χ1v) is 6.04. The molecule has 1 heterocycles. The van der Waals surface area contributed by atoms with E-state index in [1.165, 1.54) is 0 Å². The molecule has 0 saturated heterocycles. The summed E-state index contributed by atoms with van der Waals surface area (Å²) < 4.78 is 10.7. The fourth-order valence-corrected chi connectivity index (χ4v) is 1.82. The highest BCUT2D eigenvalue weighted by Crippen LogP contribution is 2.27. The van der Waals surface area contributed by atoms with Crippen LogP contribution >= 0.6 is 11.6 Å². The van der Waals surface area contributed by atoms with Crippen molar-refractivity contribution in [3.05, 3.63) is 46.3 Å². The second kappa shape index (κ2) is 5.42. The molecule has 1 aromatic heterocycles. The van der Waals surface area contributed by atoms with Gasteiger partial charge in [-0.25, -0.2) is 0 Å². The Balaban J connectivity index is 2.13. The van der Waals surface area contributed by atoms with E-state index in [-0.39, 0.29) is 6.04 Å². The van der Waals surface area contributed by atoms with Crippen molar-refractivity contribution in [3.63, 3.8) is 0 Å². The molecular weight excluding hydrogens is 252 g/mol. The van der Waals surface area contributed by atoms with Gasteiger partial charge in [0, 0.05) is 22.7 Å². The van der Waals surface area contributed by atoms with E-state index in [9.17, 15) is 0 Å². The zero-order valence-corrected chi connectivity index (χ0v) is 11.1. The summed E-state index contributed by atoms with van der Waals surface area (Å²) in [6.07, 6.45) is 0. The molecule has 4 nitrogen and oxygen atoms in total. The van der Waals surface area contributed by atoms with Gasteiger partial charge in [0.2, 0.25) is 0 Å². The summed E-state index contributed by atoms with van der Waals surface area (Å²) in [5.74, 6) is 1.48. The van der Waals surface area contributed by atoms with Crippen molar-refractivity contribution >= 4 is 11.6 Å². The first kappa shape index (κ1) is 12.9. The molecule has 0 amide bonds. The molecule has 0 aliphatic heterocycles. The molecular formula is C13H15ClN2O2. The largest absolute Gasteiger partial charge is 0.487 e. The first-order valence-electron chi connectivity index (χ1n) is 5.66. The molecule has 0 unspecified atom stereocenters. The number of ether oxygens (including phenoxy) is 1. The first-order chi connectivity index (χ1) is 8.56. The van der Waals surface area contributed by atoms with Gasteiger partial charge in [0.15, 0.2) is 0 Å². The topological polar surface area (TPSA) is 61.3 Å². The lowest BCUT2D eigenvalue weighted by Crippen LogP contribution is -2.08. The Labute approximate surface area is 111 Å². The number of nitrogens with two attached hydrogens (primary N) is 1. The van der Waals surface area contributed by atoms with Gasteiger partial charge in [0.1, 0.15) is 23.8 Å². The van der Waals surface area contributed by atoms with E-state index in [0.717, 1.165) is 22.8 Å². The average Bonchev–Trinajstić information content (AvgIpc) is 2.73. The van der Waals surface area contributed by atoms with Crippen molar-refractivity contribution in [2.75, 3.05) is 0 Å². The van der Waals surface area contributed by atoms with Crippen LogP contribution in [0.15, 0.2) is 28.8 Å². The number of rotatable bonds is 4. The molecule has 0 aliphatic carbocycles. The third-order valence-corrected chi connectivity index (χ3v) is 2.75. The molecule has 2 N–H and O–H groups in total. The van der Waals surface area contributed by atoms with Crippen molar-refractivity contribution in [2.24, 2.45) is 5.73 Å². The van der Waals surface area contributed by atoms with E-state index in [1.54, 1.807) is 6.07 Å². The number of aromatic nitrogens is 1. The Morgan fingerprint density at radius 2 is 2.22 bits per heavy atom. The van der Waals surface area contributed by atoms with Crippen LogP contribution in [0.25, 0.3) is 0 Å². The molecule has 2 rings (SSSR count). The van der Waals surface area contributed by atoms with E-state index in [1.807, 2.05) is 32.0 Å². The van der Waals surface area contributed by atoms with Gasteiger partial charge in [-0.15, -0.1) is 0 Å². The van der Waals surface area contributed by atoms with Gasteiger partial charge in [-0.3, -0.25) is 0 Å². The van der Waals surface area contributed by atoms with Crippen molar-refractivity contribution in [2.45, 2.75) is 26.5 Å². The van der Waals surface area contributed by atoms with Crippen molar-refractivity contribution in [1.29, 1.82) is 0 Å². The summed E-state index contributed by atoms with van der Waals surface area (Å²) in [5, 5.41) is 4.51. The van der Waals surface area contributed by atoms with Crippen molar-refractivity contribution in [1.82, 2.24) is 5.16 Å². The normalized spacial score (nSPS) is 12.4. The number of benzene rings is 1. The lowest BCUT2D eigenvalue weighted by atomic mass is 10.1. The van der Waals surface area contributed by atoms with E-state index >= 15 is 0 Å². The minimum Gasteiger partial charge on any atom is -0.487 e. The summed E-state index contributed by atoms with van der Waals surface area (Å²) in [4.78, 5) is 0. The summed E-state index contributed by atoms with van der Waals surface area (Å²) in [7, 11) is 0. The van der Waals surface area contributed by atoms with Crippen LogP contribution in [-0.4, -0.2) is 5.16 Å². The smallest absolute Gasteiger partial charge is 0.134 e. The highest BCUT2D eigenvalue weighted by atomic mass is 35.5. The summed E-state index contributed by atoms with van der Waals surface area (Å²) >= 11 is 5.94. The van der Waals surface area contributed by atoms with Crippen LogP contribution in [0.3, 0.4) is 0 Å². The summed E-state index contributed by atoms with van der Waals surface area (Å²) in [6, 6.07) is 7.10. The molecule has 1 atom stereocenters. The Bertz CT molecular complexity index is 538. The molecule has 0 aliphatic rings. The number of nitrogens with zero attached hydrogens (tertiary/aromatic N) is 1. The summed E-state index contributed by atoms with van der Waals surface area (Å²) in [5.41, 5.74) is 7.51. The van der Waals surface area contributed by atoms with Gasteiger partial charge < -0.3 is 15.0 Å². The number of halogens is 1. The number of hydrogen-bond donors (Lipinski definition) is 1. The molecule has 96 valence electrons. The van der Waals surface area contributed by atoms with E-state index in [0.29, 0.717) is 11.6 Å². The van der Waals surface area contributed by atoms with Crippen LogP contribution in [0.5, 0.6) is 5.75 Å². The average molecular weight is 267 g/mol. The Morgan fingerprint density at radius 3 is 2.83 bits per heavy atom. The third kappa shape index (κ3) is 3.03. The van der Waals surface area contributed by atoms with Gasteiger partial charge in [-0.2, -0.15) is 0 Å². The van der Waals surface area contributed by atoms with Crippen molar-refractivity contribution < 1.29 is 9.26 Å². The lowest BCUT2D eigenvalue weighted by Gasteiger charge is -2.13. The van der Waals surface area contributed by atoms with Crippen LogP contribution in [0, 0.1) is 6.92 Å². The molecule has 5 heteroatoms. The fraction of sp³-hybridized carbons (Fsp3) is 0.308. The molecule has 0 bridgehead atoms. The van der Waals surface area contributed by atoms with E-state index < -0.39 is 0 Å². The molecule has 0 radical (unpaired) electrons. The number of aryl methyl sites for hydroxylation is 1. The Kier molecular flexibility index (Phi) is 3.89. The predicted octanol–water partition coefficient (Wildman–Crippen LogP) is 3.24. The zero-order valence-electron chi connectivity index (χ0n) is 10.3. The third-order valence-electron chi connectivity index (χ3n) is 2.51. The van der Waals surface area contributed by atoms with Crippen LogP contribution in [0.1, 0.15) is 30.0 Å². The SMILES string of the molecule is Cc1cc(COc2ccc(Cl)cc2[C@H](C)N)no1. The Hall–Kier alpha value is -1.52. The molecule has 0 saturated carbocycles. The Morgan fingerprint density at radius 1 is 1.44 bits per heavy atom. The highest BCUT2D eigenvalue weighted by Gasteiger charge is 2.10. The van der Waals surface area contributed by atoms with Gasteiger partial charge in [-0.1, -0.05) is 16.8 Å². The van der Waals surface area contributed by atoms with Crippen molar-refractivity contribution in [3.8, 4) is 5.75 Å².